The number of unbranched alkanes of at least 4 members (excludes halogenated alkanes) is 10. The molecule has 0 bridgehead atoms. The Bertz CT molecular complexity index is 578. The summed E-state index contributed by atoms with van der Waals surface area (Å²) in [6, 6.07) is 6.86. The fraction of sp³-hybridized carbons (Fsp3) is 0.739. The van der Waals surface area contributed by atoms with E-state index in [1.165, 1.54) is 64.2 Å². The maximum atomic E-state index is 12.4. The minimum absolute atomic E-state index is 0.213. The molecular weight excluding hydrogens is 356 g/mol. The molecule has 4 heteroatoms. The van der Waals surface area contributed by atoms with Crippen molar-refractivity contribution in [2.75, 3.05) is 0 Å². The molecule has 1 aromatic rings. The van der Waals surface area contributed by atoms with Gasteiger partial charge in [-0.3, -0.25) is 4.18 Å². The average molecular weight is 397 g/mol. The van der Waals surface area contributed by atoms with Crippen molar-refractivity contribution in [3.8, 4) is 0 Å². The zero-order valence-corrected chi connectivity index (χ0v) is 18.5. The first-order valence-electron chi connectivity index (χ1n) is 11.0. The molecule has 1 atom stereocenters. The number of hydrogen-bond acceptors (Lipinski definition) is 3. The molecular formula is C23H40O3S. The van der Waals surface area contributed by atoms with Crippen LogP contribution < -0.4 is 0 Å². The van der Waals surface area contributed by atoms with E-state index in [-0.39, 0.29) is 11.0 Å². The molecule has 0 aliphatic rings. The molecule has 0 radical (unpaired) electrons. The molecule has 27 heavy (non-hydrogen) atoms. The van der Waals surface area contributed by atoms with Crippen molar-refractivity contribution in [3.05, 3.63) is 29.8 Å². The van der Waals surface area contributed by atoms with Crippen LogP contribution in [0.5, 0.6) is 0 Å². The van der Waals surface area contributed by atoms with E-state index < -0.39 is 10.1 Å². The molecule has 1 rings (SSSR count). The van der Waals surface area contributed by atoms with Crippen molar-refractivity contribution in [1.29, 1.82) is 0 Å². The summed E-state index contributed by atoms with van der Waals surface area (Å²) in [6.07, 6.45) is 15.6. The van der Waals surface area contributed by atoms with Crippen molar-refractivity contribution < 1.29 is 12.6 Å². The monoisotopic (exact) mass is 396 g/mol. The largest absolute Gasteiger partial charge is 0.297 e. The van der Waals surface area contributed by atoms with E-state index in [1.807, 2.05) is 13.8 Å². The maximum absolute atomic E-state index is 12.4. The highest BCUT2D eigenvalue weighted by atomic mass is 32.2. The lowest BCUT2D eigenvalue weighted by atomic mass is 10.0. The molecule has 0 heterocycles. The highest BCUT2D eigenvalue weighted by Gasteiger charge is 2.20. The van der Waals surface area contributed by atoms with Gasteiger partial charge in [0.25, 0.3) is 10.1 Å². The molecule has 0 fully saturated rings. The topological polar surface area (TPSA) is 43.4 Å². The summed E-state index contributed by atoms with van der Waals surface area (Å²) < 4.78 is 30.3. The zero-order valence-electron chi connectivity index (χ0n) is 17.7. The summed E-state index contributed by atoms with van der Waals surface area (Å²) in [5.41, 5.74) is 1.04. The third-order valence-electron chi connectivity index (χ3n) is 5.16. The smallest absolute Gasteiger partial charge is 0.263 e. The Hall–Kier alpha value is -0.870. The maximum Gasteiger partial charge on any atom is 0.297 e. The van der Waals surface area contributed by atoms with Crippen LogP contribution in [0.15, 0.2) is 29.2 Å². The normalized spacial score (nSPS) is 13.0. The van der Waals surface area contributed by atoms with Gasteiger partial charge in [0.05, 0.1) is 11.0 Å². The quantitative estimate of drug-likeness (QED) is 0.219. The summed E-state index contributed by atoms with van der Waals surface area (Å²) in [5, 5.41) is 0. The van der Waals surface area contributed by atoms with Crippen LogP contribution in [0, 0.1) is 6.92 Å². The van der Waals surface area contributed by atoms with Crippen molar-refractivity contribution >= 4 is 10.1 Å². The number of hydrogen-bond donors (Lipinski definition) is 0. The molecule has 0 aliphatic heterocycles. The first-order valence-corrected chi connectivity index (χ1v) is 12.4. The highest BCUT2D eigenvalue weighted by molar-refractivity contribution is 7.86. The molecule has 0 aromatic heterocycles. The molecule has 0 saturated heterocycles. The number of rotatable bonds is 16. The lowest BCUT2D eigenvalue weighted by molar-refractivity contribution is 0.190. The molecule has 3 nitrogen and oxygen atoms in total. The Labute approximate surface area is 168 Å². The van der Waals surface area contributed by atoms with Gasteiger partial charge in [-0.1, -0.05) is 102 Å². The Morgan fingerprint density at radius 3 is 1.74 bits per heavy atom. The second kappa shape index (κ2) is 14.2. The van der Waals surface area contributed by atoms with Crippen molar-refractivity contribution in [2.45, 2.75) is 115 Å². The summed E-state index contributed by atoms with van der Waals surface area (Å²) in [7, 11) is -3.65. The molecule has 1 unspecified atom stereocenters. The van der Waals surface area contributed by atoms with Gasteiger partial charge < -0.3 is 0 Å². The van der Waals surface area contributed by atoms with Crippen molar-refractivity contribution in [1.82, 2.24) is 0 Å². The van der Waals surface area contributed by atoms with E-state index in [4.69, 9.17) is 4.18 Å². The summed E-state index contributed by atoms with van der Waals surface area (Å²) in [4.78, 5) is 0.255. The lowest BCUT2D eigenvalue weighted by Crippen LogP contribution is -2.18. The fourth-order valence-corrected chi connectivity index (χ4v) is 4.47. The molecule has 0 saturated carbocycles. The standard InChI is InChI=1S/C23H40O3S/c1-4-6-7-8-9-10-11-12-13-14-15-16-22(5-2)26-27(24,25)23-19-17-21(3)18-20-23/h17-20,22H,4-16H2,1-3H3. The predicted octanol–water partition coefficient (Wildman–Crippen LogP) is 7.18. The minimum Gasteiger partial charge on any atom is -0.263 e. The van der Waals surface area contributed by atoms with E-state index >= 15 is 0 Å². The Kier molecular flexibility index (Phi) is 12.7. The summed E-state index contributed by atoms with van der Waals surface area (Å²) in [5.74, 6) is 0. The van der Waals surface area contributed by atoms with E-state index in [0.29, 0.717) is 0 Å². The lowest BCUT2D eigenvalue weighted by Gasteiger charge is -2.16. The Balaban J connectivity index is 2.16. The molecule has 1 aromatic carbocycles. The molecule has 0 N–H and O–H groups in total. The van der Waals surface area contributed by atoms with Crippen LogP contribution in [-0.2, 0) is 14.3 Å². The average Bonchev–Trinajstić information content (AvgIpc) is 2.65. The van der Waals surface area contributed by atoms with Gasteiger partial charge in [0.2, 0.25) is 0 Å². The first-order chi connectivity index (χ1) is 13.0. The molecule has 0 spiro atoms. The van der Waals surface area contributed by atoms with E-state index in [2.05, 4.69) is 6.92 Å². The van der Waals surface area contributed by atoms with Gasteiger partial charge in [-0.05, 0) is 31.9 Å². The minimum atomic E-state index is -3.65. The molecule has 156 valence electrons. The summed E-state index contributed by atoms with van der Waals surface area (Å²) >= 11 is 0. The van der Waals surface area contributed by atoms with Crippen LogP contribution in [-0.4, -0.2) is 14.5 Å². The zero-order chi connectivity index (χ0) is 20.0. The first kappa shape index (κ1) is 24.2. The van der Waals surface area contributed by atoms with Gasteiger partial charge >= 0.3 is 0 Å². The van der Waals surface area contributed by atoms with Crippen LogP contribution in [0.3, 0.4) is 0 Å². The summed E-state index contributed by atoms with van der Waals surface area (Å²) in [6.45, 7) is 6.19. The predicted molar refractivity (Wildman–Crippen MR) is 115 cm³/mol. The van der Waals surface area contributed by atoms with Gasteiger partial charge in [0.1, 0.15) is 0 Å². The van der Waals surface area contributed by atoms with Gasteiger partial charge in [0.15, 0.2) is 0 Å². The van der Waals surface area contributed by atoms with Crippen LogP contribution in [0.4, 0.5) is 0 Å². The number of benzene rings is 1. The van der Waals surface area contributed by atoms with Crippen molar-refractivity contribution in [3.63, 3.8) is 0 Å². The van der Waals surface area contributed by atoms with Gasteiger partial charge in [-0.2, -0.15) is 8.42 Å². The van der Waals surface area contributed by atoms with Gasteiger partial charge in [-0.25, -0.2) is 0 Å². The molecule has 0 aliphatic carbocycles. The SMILES string of the molecule is CCCCCCCCCCCCCC(CC)OS(=O)(=O)c1ccc(C)cc1. The molecule has 0 amide bonds. The number of aryl methyl sites for hydroxylation is 1. The van der Waals surface area contributed by atoms with Crippen LogP contribution in [0.1, 0.15) is 103 Å². The highest BCUT2D eigenvalue weighted by Crippen LogP contribution is 2.20. The second-order valence-electron chi connectivity index (χ2n) is 7.72. The van der Waals surface area contributed by atoms with E-state index in [1.54, 1.807) is 24.3 Å². The van der Waals surface area contributed by atoms with Gasteiger partial charge in [0, 0.05) is 0 Å². The Morgan fingerprint density at radius 2 is 1.26 bits per heavy atom. The van der Waals surface area contributed by atoms with Crippen LogP contribution >= 0.6 is 0 Å². The van der Waals surface area contributed by atoms with Crippen molar-refractivity contribution in [2.24, 2.45) is 0 Å². The third-order valence-corrected chi connectivity index (χ3v) is 6.53. The van der Waals surface area contributed by atoms with E-state index in [9.17, 15) is 8.42 Å². The third kappa shape index (κ3) is 10.9. The second-order valence-corrected chi connectivity index (χ2v) is 9.29. The van der Waals surface area contributed by atoms with Crippen LogP contribution in [0.2, 0.25) is 0 Å². The van der Waals surface area contributed by atoms with Gasteiger partial charge in [-0.15, -0.1) is 0 Å². The van der Waals surface area contributed by atoms with E-state index in [0.717, 1.165) is 24.8 Å². The Morgan fingerprint density at radius 1 is 0.778 bits per heavy atom. The fourth-order valence-electron chi connectivity index (χ4n) is 3.30. The van der Waals surface area contributed by atoms with Crippen LogP contribution in [0.25, 0.3) is 0 Å².